The van der Waals surface area contributed by atoms with Gasteiger partial charge >= 0.3 is 6.18 Å². The number of carbonyl (C=O) groups excluding carboxylic acids is 1. The lowest BCUT2D eigenvalue weighted by Crippen LogP contribution is -2.34. The molecular formula is C20H17ClF3N3O2. The molecule has 0 spiro atoms. The molecule has 0 saturated carbocycles. The van der Waals surface area contributed by atoms with Crippen molar-refractivity contribution in [2.75, 3.05) is 6.61 Å². The van der Waals surface area contributed by atoms with Crippen molar-refractivity contribution in [1.29, 1.82) is 0 Å². The summed E-state index contributed by atoms with van der Waals surface area (Å²) in [5, 5.41) is 15.6. The molecule has 0 aliphatic carbocycles. The zero-order valence-corrected chi connectivity index (χ0v) is 16.0. The van der Waals surface area contributed by atoms with Crippen LogP contribution in [0.4, 0.5) is 13.2 Å². The zero-order valence-electron chi connectivity index (χ0n) is 15.2. The number of aliphatic hydroxyl groups is 1. The first kappa shape index (κ1) is 20.9. The molecule has 152 valence electrons. The first-order chi connectivity index (χ1) is 13.7. The lowest BCUT2D eigenvalue weighted by molar-refractivity contribution is -0.141. The largest absolute Gasteiger partial charge is 0.435 e. The van der Waals surface area contributed by atoms with Crippen molar-refractivity contribution in [3.63, 3.8) is 0 Å². The van der Waals surface area contributed by atoms with E-state index >= 15 is 0 Å². The van der Waals surface area contributed by atoms with Crippen LogP contribution in [0.5, 0.6) is 0 Å². The van der Waals surface area contributed by atoms with Crippen molar-refractivity contribution in [2.24, 2.45) is 0 Å². The molecule has 3 rings (SSSR count). The molecule has 1 amide bonds. The van der Waals surface area contributed by atoms with E-state index in [0.29, 0.717) is 16.8 Å². The third kappa shape index (κ3) is 4.60. The van der Waals surface area contributed by atoms with Gasteiger partial charge < -0.3 is 10.4 Å². The van der Waals surface area contributed by atoms with Crippen LogP contribution in [0.3, 0.4) is 0 Å². The summed E-state index contributed by atoms with van der Waals surface area (Å²) in [6.45, 7) is 1.44. The van der Waals surface area contributed by atoms with Gasteiger partial charge in [-0.1, -0.05) is 35.9 Å². The van der Waals surface area contributed by atoms with Gasteiger partial charge in [0.1, 0.15) is 0 Å². The van der Waals surface area contributed by atoms with Crippen molar-refractivity contribution in [3.05, 3.63) is 70.9 Å². The fourth-order valence-electron chi connectivity index (χ4n) is 2.68. The Bertz CT molecular complexity index is 1020. The summed E-state index contributed by atoms with van der Waals surface area (Å²) < 4.78 is 40.9. The van der Waals surface area contributed by atoms with E-state index in [0.717, 1.165) is 10.7 Å². The molecule has 0 aliphatic heterocycles. The Morgan fingerprint density at radius 3 is 2.45 bits per heavy atom. The van der Waals surface area contributed by atoms with Crippen LogP contribution in [-0.4, -0.2) is 33.4 Å². The van der Waals surface area contributed by atoms with Crippen LogP contribution in [0, 0.1) is 0 Å². The van der Waals surface area contributed by atoms with Gasteiger partial charge in [0.2, 0.25) is 0 Å². The van der Waals surface area contributed by atoms with E-state index in [9.17, 15) is 18.0 Å². The van der Waals surface area contributed by atoms with E-state index < -0.39 is 23.8 Å². The summed E-state index contributed by atoms with van der Waals surface area (Å²) in [6.07, 6.45) is -4.62. The SMILES string of the molecule is CC(CO)NC(=O)c1ccc(-c2cc(C(F)(F)F)nn2-c2ccccc2Cl)cc1. The van der Waals surface area contributed by atoms with Gasteiger partial charge in [0.15, 0.2) is 5.69 Å². The van der Waals surface area contributed by atoms with E-state index in [2.05, 4.69) is 10.4 Å². The van der Waals surface area contributed by atoms with Gasteiger partial charge in [-0.05, 0) is 37.3 Å². The number of aliphatic hydroxyl groups excluding tert-OH is 1. The number of para-hydroxylation sites is 1. The molecule has 3 aromatic rings. The maximum atomic E-state index is 13.3. The summed E-state index contributed by atoms with van der Waals surface area (Å²) in [5.74, 6) is -0.395. The van der Waals surface area contributed by atoms with Gasteiger partial charge in [-0.2, -0.15) is 18.3 Å². The van der Waals surface area contributed by atoms with Crippen LogP contribution in [0.25, 0.3) is 16.9 Å². The number of nitrogens with one attached hydrogen (secondary N) is 1. The van der Waals surface area contributed by atoms with E-state index in [1.807, 2.05) is 0 Å². The van der Waals surface area contributed by atoms with Gasteiger partial charge in [-0.15, -0.1) is 0 Å². The number of hydrogen-bond donors (Lipinski definition) is 2. The fourth-order valence-corrected chi connectivity index (χ4v) is 2.89. The van der Waals surface area contributed by atoms with E-state index in [4.69, 9.17) is 16.7 Å². The molecule has 29 heavy (non-hydrogen) atoms. The molecule has 1 aromatic heterocycles. The maximum Gasteiger partial charge on any atom is 0.435 e. The molecule has 1 atom stereocenters. The monoisotopic (exact) mass is 423 g/mol. The van der Waals surface area contributed by atoms with Gasteiger partial charge in [-0.25, -0.2) is 4.68 Å². The predicted molar refractivity (Wildman–Crippen MR) is 103 cm³/mol. The predicted octanol–water partition coefficient (Wildman–Crippen LogP) is 4.32. The van der Waals surface area contributed by atoms with Crippen LogP contribution < -0.4 is 5.32 Å². The van der Waals surface area contributed by atoms with Gasteiger partial charge in [0, 0.05) is 17.2 Å². The Morgan fingerprint density at radius 2 is 1.86 bits per heavy atom. The first-order valence-electron chi connectivity index (χ1n) is 8.65. The minimum atomic E-state index is -4.62. The molecule has 2 N–H and O–H groups in total. The highest BCUT2D eigenvalue weighted by atomic mass is 35.5. The summed E-state index contributed by atoms with van der Waals surface area (Å²) >= 11 is 6.16. The second-order valence-corrected chi connectivity index (χ2v) is 6.82. The van der Waals surface area contributed by atoms with Crippen molar-refractivity contribution in [2.45, 2.75) is 19.1 Å². The van der Waals surface area contributed by atoms with Crippen LogP contribution >= 0.6 is 11.6 Å². The molecule has 0 fully saturated rings. The van der Waals surface area contributed by atoms with Crippen LogP contribution in [-0.2, 0) is 6.18 Å². The van der Waals surface area contributed by atoms with Crippen molar-refractivity contribution in [1.82, 2.24) is 15.1 Å². The smallest absolute Gasteiger partial charge is 0.394 e. The first-order valence-corrected chi connectivity index (χ1v) is 9.03. The Hall–Kier alpha value is -2.84. The average molecular weight is 424 g/mol. The highest BCUT2D eigenvalue weighted by Crippen LogP contribution is 2.34. The number of aromatic nitrogens is 2. The summed E-state index contributed by atoms with van der Waals surface area (Å²) in [7, 11) is 0. The molecular weight excluding hydrogens is 407 g/mol. The molecule has 0 aliphatic rings. The minimum absolute atomic E-state index is 0.182. The van der Waals surface area contributed by atoms with Crippen LogP contribution in [0.2, 0.25) is 5.02 Å². The van der Waals surface area contributed by atoms with Gasteiger partial charge in [-0.3, -0.25) is 4.79 Å². The maximum absolute atomic E-state index is 13.3. The van der Waals surface area contributed by atoms with E-state index in [1.165, 1.54) is 24.3 Å². The number of benzene rings is 2. The average Bonchev–Trinajstić information content (AvgIpc) is 3.14. The number of alkyl halides is 3. The van der Waals surface area contributed by atoms with Gasteiger partial charge in [0.25, 0.3) is 5.91 Å². The standard InChI is InChI=1S/C20H17ClF3N3O2/c1-12(11-28)25-19(29)14-8-6-13(7-9-14)17-10-18(20(22,23)24)26-27(17)16-5-3-2-4-15(16)21/h2-10,12,28H,11H2,1H3,(H,25,29). The third-order valence-corrected chi connectivity index (χ3v) is 4.49. The quantitative estimate of drug-likeness (QED) is 0.642. The number of halogens is 4. The van der Waals surface area contributed by atoms with Crippen LogP contribution in [0.15, 0.2) is 54.6 Å². The molecule has 9 heteroatoms. The second kappa shape index (κ2) is 8.26. The lowest BCUT2D eigenvalue weighted by Gasteiger charge is -2.12. The minimum Gasteiger partial charge on any atom is -0.394 e. The Labute approximate surface area is 169 Å². The Balaban J connectivity index is 2.03. The number of hydrogen-bond acceptors (Lipinski definition) is 3. The molecule has 5 nitrogen and oxygen atoms in total. The van der Waals surface area contributed by atoms with Crippen LogP contribution in [0.1, 0.15) is 23.0 Å². The summed E-state index contributed by atoms with van der Waals surface area (Å²) in [5.41, 5.74) is 0.180. The number of carbonyl (C=O) groups is 1. The fraction of sp³-hybridized carbons (Fsp3) is 0.200. The lowest BCUT2D eigenvalue weighted by atomic mass is 10.1. The molecule has 1 heterocycles. The zero-order chi connectivity index (χ0) is 21.2. The highest BCUT2D eigenvalue weighted by molar-refractivity contribution is 6.32. The third-order valence-electron chi connectivity index (χ3n) is 4.17. The van der Waals surface area contributed by atoms with Crippen molar-refractivity contribution >= 4 is 17.5 Å². The van der Waals surface area contributed by atoms with E-state index in [-0.39, 0.29) is 17.3 Å². The van der Waals surface area contributed by atoms with Crippen molar-refractivity contribution < 1.29 is 23.1 Å². The summed E-state index contributed by atoms with van der Waals surface area (Å²) in [6, 6.07) is 13.0. The second-order valence-electron chi connectivity index (χ2n) is 6.41. The topological polar surface area (TPSA) is 67.2 Å². The highest BCUT2D eigenvalue weighted by Gasteiger charge is 2.35. The Kier molecular flexibility index (Phi) is 5.95. The number of amides is 1. The molecule has 0 saturated heterocycles. The molecule has 0 bridgehead atoms. The normalized spacial score (nSPS) is 12.6. The number of rotatable bonds is 5. The number of nitrogens with zero attached hydrogens (tertiary/aromatic N) is 2. The van der Waals surface area contributed by atoms with Gasteiger partial charge in [0.05, 0.1) is 23.0 Å². The van der Waals surface area contributed by atoms with E-state index in [1.54, 1.807) is 31.2 Å². The van der Waals surface area contributed by atoms with Crippen molar-refractivity contribution in [3.8, 4) is 16.9 Å². The summed E-state index contributed by atoms with van der Waals surface area (Å²) in [4.78, 5) is 12.1. The Morgan fingerprint density at radius 1 is 1.21 bits per heavy atom. The molecule has 0 radical (unpaired) electrons. The molecule has 2 aromatic carbocycles. The molecule has 1 unspecified atom stereocenters.